The fourth-order valence-electron chi connectivity index (χ4n) is 4.24. The van der Waals surface area contributed by atoms with Gasteiger partial charge < -0.3 is 9.64 Å². The van der Waals surface area contributed by atoms with Gasteiger partial charge in [0.2, 0.25) is 5.91 Å². The van der Waals surface area contributed by atoms with Crippen molar-refractivity contribution < 1.29 is 13.9 Å². The second-order valence-electron chi connectivity index (χ2n) is 7.79. The number of rotatable bonds is 4. The quantitative estimate of drug-likeness (QED) is 0.490. The molecule has 4 aromatic rings. The van der Waals surface area contributed by atoms with E-state index in [1.54, 1.807) is 58.3 Å². The van der Waals surface area contributed by atoms with Crippen molar-refractivity contribution in [2.45, 2.75) is 19.4 Å². The molecule has 1 fully saturated rings. The molecule has 0 aliphatic carbocycles. The number of imidazole rings is 1. The molecule has 1 amide bonds. The molecule has 0 unspecified atom stereocenters. The fourth-order valence-corrected chi connectivity index (χ4v) is 4.24. The number of ether oxygens (including phenoxy) is 1. The molecule has 162 valence electrons. The Kier molecular flexibility index (Phi) is 4.97. The molecule has 0 radical (unpaired) electrons. The van der Waals surface area contributed by atoms with Crippen molar-refractivity contribution in [1.82, 2.24) is 19.0 Å². The summed E-state index contributed by atoms with van der Waals surface area (Å²) in [5.74, 6) is 0.00447. The number of carbonyl (C=O) groups is 1. The normalized spacial score (nSPS) is 15.9. The van der Waals surface area contributed by atoms with Crippen molar-refractivity contribution in [2.24, 2.45) is 0 Å². The average Bonchev–Trinajstić information content (AvgIpc) is 3.38. The summed E-state index contributed by atoms with van der Waals surface area (Å²) in [5.41, 5.74) is 1.37. The van der Waals surface area contributed by atoms with Gasteiger partial charge in [-0.15, -0.1) is 0 Å². The summed E-state index contributed by atoms with van der Waals surface area (Å²) in [6.07, 6.45) is 3.90. The lowest BCUT2D eigenvalue weighted by Crippen LogP contribution is -2.30. The highest BCUT2D eigenvalue weighted by atomic mass is 19.1. The zero-order chi connectivity index (χ0) is 22.2. The molecule has 0 saturated carbocycles. The molecular weight excluding hydrogens is 411 g/mol. The lowest BCUT2D eigenvalue weighted by molar-refractivity contribution is -0.127. The predicted molar refractivity (Wildman–Crippen MR) is 118 cm³/mol. The van der Waals surface area contributed by atoms with E-state index >= 15 is 0 Å². The first-order valence-electron chi connectivity index (χ1n) is 10.4. The van der Waals surface area contributed by atoms with Crippen LogP contribution in [-0.4, -0.2) is 38.0 Å². The van der Waals surface area contributed by atoms with E-state index in [0.29, 0.717) is 42.0 Å². The third-order valence-electron chi connectivity index (χ3n) is 5.79. The highest BCUT2D eigenvalue weighted by Crippen LogP contribution is 2.29. The van der Waals surface area contributed by atoms with Crippen LogP contribution in [0, 0.1) is 5.82 Å². The van der Waals surface area contributed by atoms with Crippen LogP contribution in [0.3, 0.4) is 0 Å². The molecule has 8 heteroatoms. The van der Waals surface area contributed by atoms with E-state index < -0.39 is 5.82 Å². The number of likely N-dealkylation sites (tertiary alicyclic amines) is 1. The summed E-state index contributed by atoms with van der Waals surface area (Å²) >= 11 is 0. The van der Waals surface area contributed by atoms with Crippen LogP contribution in [0.5, 0.6) is 11.5 Å². The summed E-state index contributed by atoms with van der Waals surface area (Å²) in [6, 6.07) is 15.0. The molecule has 7 nitrogen and oxygen atoms in total. The lowest BCUT2D eigenvalue weighted by atomic mass is 10.2. The van der Waals surface area contributed by atoms with Gasteiger partial charge in [-0.3, -0.25) is 18.9 Å². The number of carbonyl (C=O) groups excluding carboxylic acids is 1. The minimum atomic E-state index is -0.577. The van der Waals surface area contributed by atoms with Crippen LogP contribution >= 0.6 is 0 Å². The van der Waals surface area contributed by atoms with Crippen LogP contribution in [0.2, 0.25) is 0 Å². The second kappa shape index (κ2) is 7.96. The van der Waals surface area contributed by atoms with Crippen molar-refractivity contribution in [3.05, 3.63) is 83.3 Å². The van der Waals surface area contributed by atoms with Gasteiger partial charge in [-0.25, -0.2) is 9.18 Å². The third-order valence-corrected chi connectivity index (χ3v) is 5.79. The summed E-state index contributed by atoms with van der Waals surface area (Å²) in [7, 11) is 0. The molecule has 1 aliphatic heterocycles. The summed E-state index contributed by atoms with van der Waals surface area (Å²) in [5, 5.41) is 0. The maximum absolute atomic E-state index is 14.9. The molecule has 1 atom stereocenters. The van der Waals surface area contributed by atoms with Crippen LogP contribution in [-0.2, 0) is 4.79 Å². The van der Waals surface area contributed by atoms with E-state index in [0.717, 1.165) is 0 Å². The number of hydrogen-bond acceptors (Lipinski definition) is 4. The van der Waals surface area contributed by atoms with Crippen molar-refractivity contribution in [2.75, 3.05) is 13.1 Å². The molecule has 2 aromatic carbocycles. The molecule has 0 bridgehead atoms. The summed E-state index contributed by atoms with van der Waals surface area (Å²) in [4.78, 5) is 31.1. The Labute approximate surface area is 183 Å². The third kappa shape index (κ3) is 3.43. The highest BCUT2D eigenvalue weighted by Gasteiger charge is 2.29. The van der Waals surface area contributed by atoms with Crippen LogP contribution in [0.1, 0.15) is 19.4 Å². The SMILES string of the molecule is CC(=O)N1CC[C@@H](n2c(=O)n(-c3ccc(Oc4ccccc4)c(F)c3)c3cnccc32)C1. The zero-order valence-corrected chi connectivity index (χ0v) is 17.4. The molecule has 1 aliphatic rings. The van der Waals surface area contributed by atoms with Crippen molar-refractivity contribution >= 4 is 16.9 Å². The molecule has 0 spiro atoms. The minimum absolute atomic E-state index is 0.0120. The second-order valence-corrected chi connectivity index (χ2v) is 7.79. The van der Waals surface area contributed by atoms with Gasteiger partial charge >= 0.3 is 5.69 Å². The highest BCUT2D eigenvalue weighted by molar-refractivity contribution is 5.77. The van der Waals surface area contributed by atoms with Crippen LogP contribution in [0.25, 0.3) is 16.7 Å². The van der Waals surface area contributed by atoms with E-state index in [9.17, 15) is 14.0 Å². The first kappa shape index (κ1) is 20.0. The van der Waals surface area contributed by atoms with Gasteiger partial charge in [0.15, 0.2) is 11.6 Å². The molecule has 1 saturated heterocycles. The molecule has 2 aromatic heterocycles. The first-order valence-corrected chi connectivity index (χ1v) is 10.4. The van der Waals surface area contributed by atoms with Gasteiger partial charge in [0, 0.05) is 32.3 Å². The smallest absolute Gasteiger partial charge is 0.334 e. The number of hydrogen-bond donors (Lipinski definition) is 0. The number of aromatic nitrogens is 3. The molecule has 0 N–H and O–H groups in total. The van der Waals surface area contributed by atoms with E-state index in [1.165, 1.54) is 23.6 Å². The first-order chi connectivity index (χ1) is 15.5. The fraction of sp³-hybridized carbons (Fsp3) is 0.208. The molecule has 3 heterocycles. The number of benzene rings is 2. The molecular formula is C24H21FN4O3. The van der Waals surface area contributed by atoms with Crippen molar-refractivity contribution in [1.29, 1.82) is 0 Å². The Hall–Kier alpha value is -3.94. The van der Waals surface area contributed by atoms with Gasteiger partial charge in [-0.2, -0.15) is 0 Å². The Morgan fingerprint density at radius 1 is 1.12 bits per heavy atom. The van der Waals surface area contributed by atoms with Crippen LogP contribution in [0.4, 0.5) is 4.39 Å². The Balaban J connectivity index is 1.56. The lowest BCUT2D eigenvalue weighted by Gasteiger charge is -2.15. The van der Waals surface area contributed by atoms with Crippen LogP contribution in [0.15, 0.2) is 71.8 Å². The maximum Gasteiger partial charge on any atom is 0.334 e. The monoisotopic (exact) mass is 432 g/mol. The van der Waals surface area contributed by atoms with Crippen molar-refractivity contribution in [3.63, 3.8) is 0 Å². The number of nitrogens with zero attached hydrogens (tertiary/aromatic N) is 4. The van der Waals surface area contributed by atoms with E-state index in [1.807, 2.05) is 6.07 Å². The number of para-hydroxylation sites is 1. The number of halogens is 1. The number of pyridine rings is 1. The Morgan fingerprint density at radius 3 is 2.66 bits per heavy atom. The van der Waals surface area contributed by atoms with Gasteiger partial charge in [-0.05, 0) is 36.8 Å². The van der Waals surface area contributed by atoms with Crippen LogP contribution < -0.4 is 10.4 Å². The maximum atomic E-state index is 14.9. The number of fused-ring (bicyclic) bond motifs is 1. The van der Waals surface area contributed by atoms with Gasteiger partial charge in [0.25, 0.3) is 0 Å². The summed E-state index contributed by atoms with van der Waals surface area (Å²) in [6.45, 7) is 2.60. The Morgan fingerprint density at radius 2 is 1.94 bits per heavy atom. The number of amides is 1. The summed E-state index contributed by atoms with van der Waals surface area (Å²) < 4.78 is 23.7. The topological polar surface area (TPSA) is 69.4 Å². The predicted octanol–water partition coefficient (Wildman–Crippen LogP) is 3.91. The van der Waals surface area contributed by atoms with E-state index in [2.05, 4.69) is 4.98 Å². The van der Waals surface area contributed by atoms with Crippen molar-refractivity contribution in [3.8, 4) is 17.2 Å². The molecule has 32 heavy (non-hydrogen) atoms. The van der Waals surface area contributed by atoms with Gasteiger partial charge in [0.05, 0.1) is 29.0 Å². The molecule has 5 rings (SSSR count). The minimum Gasteiger partial charge on any atom is -0.454 e. The standard InChI is InChI=1S/C24H21FN4O3/c1-16(30)27-12-10-18(15-27)29-21-9-11-26-14-22(21)28(24(29)31)17-7-8-23(20(25)13-17)32-19-5-3-2-4-6-19/h2-9,11,13-14,18H,10,12,15H2,1H3/t18-/m1/s1. The van der Waals surface area contributed by atoms with E-state index in [-0.39, 0.29) is 23.4 Å². The van der Waals surface area contributed by atoms with Gasteiger partial charge in [0.1, 0.15) is 5.75 Å². The van der Waals surface area contributed by atoms with Gasteiger partial charge in [-0.1, -0.05) is 18.2 Å². The zero-order valence-electron chi connectivity index (χ0n) is 17.4. The largest absolute Gasteiger partial charge is 0.454 e. The average molecular weight is 432 g/mol. The Bertz CT molecular complexity index is 1360. The van der Waals surface area contributed by atoms with E-state index in [4.69, 9.17) is 4.74 Å².